The first-order chi connectivity index (χ1) is 3.45. The fourth-order valence-electron chi connectivity index (χ4n) is 1.16. The van der Waals surface area contributed by atoms with Crippen molar-refractivity contribution in [1.82, 2.24) is 0 Å². The van der Waals surface area contributed by atoms with Crippen molar-refractivity contribution < 1.29 is 21.1 Å². The Balaban J connectivity index is 0.000000320. The van der Waals surface area contributed by atoms with Crippen LogP contribution in [0.4, 0.5) is 0 Å². The molecule has 0 radical (unpaired) electrons. The van der Waals surface area contributed by atoms with Crippen LogP contribution in [0.3, 0.4) is 0 Å². The summed E-state index contributed by atoms with van der Waals surface area (Å²) in [6, 6.07) is 0. The van der Waals surface area contributed by atoms with Gasteiger partial charge in [0.15, 0.2) is 0 Å². The SMILES string of the molecule is C1=CC2C=C[C-]1C2.[Pt]. The third-order valence-electron chi connectivity index (χ3n) is 1.59. The molecule has 0 aromatic heterocycles. The molecule has 0 saturated carbocycles. The normalized spacial score (nSPS) is 22.2. The predicted octanol–water partition coefficient (Wildman–Crippen LogP) is 1.70. The molecule has 1 heteroatoms. The molecule has 0 aromatic carbocycles. The number of hydrogen-bond acceptors (Lipinski definition) is 0. The molecule has 0 nitrogen and oxygen atoms in total. The number of hydrogen-bond donors (Lipinski definition) is 0. The van der Waals surface area contributed by atoms with E-state index >= 15 is 0 Å². The summed E-state index contributed by atoms with van der Waals surface area (Å²) in [6.45, 7) is 0. The first kappa shape index (κ1) is 6.16. The van der Waals surface area contributed by atoms with Crippen molar-refractivity contribution in [1.29, 1.82) is 0 Å². The van der Waals surface area contributed by atoms with E-state index in [-0.39, 0.29) is 21.1 Å². The molecule has 0 aromatic rings. The maximum Gasteiger partial charge on any atom is 0 e. The first-order valence-corrected chi connectivity index (χ1v) is 2.67. The summed E-state index contributed by atoms with van der Waals surface area (Å²) in [6.07, 6.45) is 10.2. The molecule has 8 heavy (non-hydrogen) atoms. The molecule has 0 saturated heterocycles. The van der Waals surface area contributed by atoms with Gasteiger partial charge < -0.3 is 0 Å². The Kier molecular flexibility index (Phi) is 1.62. The summed E-state index contributed by atoms with van der Waals surface area (Å²) >= 11 is 0. The van der Waals surface area contributed by atoms with Crippen molar-refractivity contribution in [2.45, 2.75) is 6.42 Å². The Morgan fingerprint density at radius 1 is 1.25 bits per heavy atom. The average molecular weight is 286 g/mol. The van der Waals surface area contributed by atoms with E-state index in [9.17, 15) is 0 Å². The minimum atomic E-state index is 0. The van der Waals surface area contributed by atoms with E-state index in [1.54, 1.807) is 0 Å². The van der Waals surface area contributed by atoms with Gasteiger partial charge in [-0.2, -0.15) is 30.2 Å². The Morgan fingerprint density at radius 2 is 1.88 bits per heavy atom. The molecule has 0 aliphatic heterocycles. The number of allylic oxidation sites excluding steroid dienone is 4. The third kappa shape index (κ3) is 0.778. The molecule has 0 heterocycles. The van der Waals surface area contributed by atoms with E-state index in [0.29, 0.717) is 0 Å². The fraction of sp³-hybridized carbons (Fsp3) is 0.286. The maximum atomic E-state index is 2.26. The second-order valence-electron chi connectivity index (χ2n) is 2.16. The minimum absolute atomic E-state index is 0. The van der Waals surface area contributed by atoms with Gasteiger partial charge in [-0.3, -0.25) is 0 Å². The molecule has 0 spiro atoms. The van der Waals surface area contributed by atoms with E-state index in [1.165, 1.54) is 12.3 Å². The zero-order chi connectivity index (χ0) is 4.69. The van der Waals surface area contributed by atoms with Crippen LogP contribution in [0.15, 0.2) is 24.3 Å². The van der Waals surface area contributed by atoms with Crippen LogP contribution in [0.25, 0.3) is 0 Å². The molecule has 0 atom stereocenters. The van der Waals surface area contributed by atoms with Crippen molar-refractivity contribution in [3.05, 3.63) is 30.2 Å². The second kappa shape index (κ2) is 2.11. The Hall–Kier alpha value is 0.0383. The van der Waals surface area contributed by atoms with Gasteiger partial charge in [-0.05, 0) is 0 Å². The number of fused-ring (bicyclic) bond motifs is 2. The van der Waals surface area contributed by atoms with Gasteiger partial charge in [-0.1, -0.05) is 6.42 Å². The van der Waals surface area contributed by atoms with Gasteiger partial charge >= 0.3 is 0 Å². The summed E-state index contributed by atoms with van der Waals surface area (Å²) in [5.74, 6) is 2.28. The standard InChI is InChI=1S/C7H7.Pt/c1-2-7-4-3-6(1)5-7;/h1-4,6H,5H2;/q-1;. The average Bonchev–Trinajstić information content (AvgIpc) is 2.22. The molecule has 2 bridgehead atoms. The zero-order valence-corrected chi connectivity index (χ0v) is 6.68. The summed E-state index contributed by atoms with van der Waals surface area (Å²) in [5.41, 5.74) is 0. The topological polar surface area (TPSA) is 0 Å². The Morgan fingerprint density at radius 3 is 2.00 bits per heavy atom. The quantitative estimate of drug-likeness (QED) is 0.595. The van der Waals surface area contributed by atoms with Gasteiger partial charge in [0.25, 0.3) is 0 Å². The molecule has 2 aliphatic rings. The smallest absolute Gasteiger partial charge is 0 e. The Labute approximate surface area is 63.9 Å². The van der Waals surface area contributed by atoms with Crippen LogP contribution in [-0.4, -0.2) is 0 Å². The largest absolute Gasteiger partial charge is 0.184 e. The van der Waals surface area contributed by atoms with Crippen LogP contribution < -0.4 is 0 Å². The van der Waals surface area contributed by atoms with Gasteiger partial charge in [-0.25, -0.2) is 0 Å². The molecule has 46 valence electrons. The minimum Gasteiger partial charge on any atom is -0.184 e. The Bertz CT molecular complexity index is 107. The van der Waals surface area contributed by atoms with E-state index in [0.717, 1.165) is 5.92 Å². The molecule has 0 fully saturated rings. The third-order valence-corrected chi connectivity index (χ3v) is 1.59. The van der Waals surface area contributed by atoms with Crippen LogP contribution in [0, 0.1) is 11.8 Å². The number of rotatable bonds is 0. The molecule has 2 rings (SSSR count). The van der Waals surface area contributed by atoms with E-state index < -0.39 is 0 Å². The first-order valence-electron chi connectivity index (χ1n) is 2.67. The zero-order valence-electron chi connectivity index (χ0n) is 4.41. The molecule has 0 N–H and O–H groups in total. The van der Waals surface area contributed by atoms with Crippen LogP contribution in [0.2, 0.25) is 0 Å². The molecular formula is C7H7Pt-. The van der Waals surface area contributed by atoms with Gasteiger partial charge in [-0.15, -0.1) is 5.92 Å². The summed E-state index contributed by atoms with van der Waals surface area (Å²) in [7, 11) is 0. The van der Waals surface area contributed by atoms with Crippen LogP contribution in [-0.2, 0) is 21.1 Å². The monoisotopic (exact) mass is 286 g/mol. The summed E-state index contributed by atoms with van der Waals surface area (Å²) in [5, 5.41) is 0. The van der Waals surface area contributed by atoms with E-state index in [4.69, 9.17) is 0 Å². The molecule has 0 amide bonds. The van der Waals surface area contributed by atoms with Crippen LogP contribution in [0.1, 0.15) is 6.42 Å². The molecule has 0 unspecified atom stereocenters. The van der Waals surface area contributed by atoms with Crippen molar-refractivity contribution in [2.24, 2.45) is 5.92 Å². The van der Waals surface area contributed by atoms with Crippen molar-refractivity contribution >= 4 is 0 Å². The summed E-state index contributed by atoms with van der Waals surface area (Å²) in [4.78, 5) is 0. The van der Waals surface area contributed by atoms with Gasteiger partial charge in [0.1, 0.15) is 0 Å². The fourth-order valence-corrected chi connectivity index (χ4v) is 1.16. The molecule has 2 aliphatic carbocycles. The van der Waals surface area contributed by atoms with Gasteiger partial charge in [0.05, 0.1) is 0 Å². The van der Waals surface area contributed by atoms with Gasteiger partial charge in [0.2, 0.25) is 0 Å². The predicted molar refractivity (Wildman–Crippen MR) is 29.6 cm³/mol. The van der Waals surface area contributed by atoms with E-state index in [1.807, 2.05) is 0 Å². The van der Waals surface area contributed by atoms with Crippen molar-refractivity contribution in [3.63, 3.8) is 0 Å². The van der Waals surface area contributed by atoms with Gasteiger partial charge in [0, 0.05) is 21.1 Å². The van der Waals surface area contributed by atoms with Crippen LogP contribution >= 0.6 is 0 Å². The van der Waals surface area contributed by atoms with Crippen LogP contribution in [0.5, 0.6) is 0 Å². The second-order valence-corrected chi connectivity index (χ2v) is 2.16. The maximum absolute atomic E-state index is 2.26. The van der Waals surface area contributed by atoms with Crippen molar-refractivity contribution in [3.8, 4) is 0 Å². The summed E-state index contributed by atoms with van der Waals surface area (Å²) < 4.78 is 0. The van der Waals surface area contributed by atoms with E-state index in [2.05, 4.69) is 24.3 Å². The molecular weight excluding hydrogens is 279 g/mol. The van der Waals surface area contributed by atoms with Crippen molar-refractivity contribution in [2.75, 3.05) is 0 Å².